The molecule has 0 aliphatic heterocycles. The molecule has 0 atom stereocenters. The van der Waals surface area contributed by atoms with Crippen LogP contribution < -0.4 is 0 Å². The highest BCUT2D eigenvalue weighted by molar-refractivity contribution is 5.85. The zero-order valence-electron chi connectivity index (χ0n) is 19.3. The summed E-state index contributed by atoms with van der Waals surface area (Å²) in [5, 5.41) is 0. The summed E-state index contributed by atoms with van der Waals surface area (Å²) in [6.45, 7) is 2.48. The smallest absolute Gasteiger partial charge is 0.243 e. The van der Waals surface area contributed by atoms with Crippen molar-refractivity contribution in [2.24, 2.45) is 0 Å². The molecule has 0 spiro atoms. The van der Waals surface area contributed by atoms with Gasteiger partial charge in [-0.2, -0.15) is 0 Å². The zero-order chi connectivity index (χ0) is 21.9. The fourth-order valence-corrected chi connectivity index (χ4v) is 5.88. The van der Waals surface area contributed by atoms with E-state index in [2.05, 4.69) is 52.8 Å². The quantitative estimate of drug-likeness (QED) is 0.464. The lowest BCUT2D eigenvalue weighted by molar-refractivity contribution is -0.138. The third-order valence-electron chi connectivity index (χ3n) is 7.45. The molecule has 32 heavy (non-hydrogen) atoms. The van der Waals surface area contributed by atoms with Gasteiger partial charge in [0.1, 0.15) is 12.4 Å². The van der Waals surface area contributed by atoms with Crippen LogP contribution >= 0.6 is 0 Å². The number of nitrogens with zero attached hydrogens (tertiary/aromatic N) is 3. The van der Waals surface area contributed by atoms with Crippen molar-refractivity contribution in [2.45, 2.75) is 89.8 Å². The minimum absolute atomic E-state index is 0.279. The first-order valence-electron chi connectivity index (χ1n) is 12.5. The number of carbonyl (C=O) groups excluding carboxylic acids is 1. The summed E-state index contributed by atoms with van der Waals surface area (Å²) in [6.07, 6.45) is 12.3. The lowest BCUT2D eigenvalue weighted by Crippen LogP contribution is -2.50. The van der Waals surface area contributed by atoms with Gasteiger partial charge in [0.2, 0.25) is 5.91 Å². The lowest BCUT2D eigenvalue weighted by atomic mass is 9.88. The molecule has 1 amide bonds. The van der Waals surface area contributed by atoms with Gasteiger partial charge in [-0.15, -0.1) is 0 Å². The first kappa shape index (κ1) is 21.2. The number of carbonyl (C=O) groups is 1. The molecule has 168 valence electrons. The molecule has 4 nitrogen and oxygen atoms in total. The van der Waals surface area contributed by atoms with E-state index in [-0.39, 0.29) is 5.91 Å². The largest absolute Gasteiger partial charge is 0.335 e. The van der Waals surface area contributed by atoms with Crippen LogP contribution in [0.1, 0.15) is 69.8 Å². The minimum Gasteiger partial charge on any atom is -0.335 e. The summed E-state index contributed by atoms with van der Waals surface area (Å²) in [4.78, 5) is 21.3. The number of para-hydroxylation sites is 2. The lowest BCUT2D eigenvalue weighted by Gasteiger charge is -2.42. The van der Waals surface area contributed by atoms with E-state index in [1.165, 1.54) is 44.1 Å². The molecule has 2 aromatic carbocycles. The molecule has 1 heterocycles. The summed E-state index contributed by atoms with van der Waals surface area (Å²) >= 11 is 0. The van der Waals surface area contributed by atoms with Crippen LogP contribution in [-0.4, -0.2) is 32.4 Å². The molecule has 2 saturated carbocycles. The SMILES string of the molecule is Cc1cccc(-c2nc3ccccc3n2CC(=O)N(C2CCCCC2)C2CCCCC2)c1. The van der Waals surface area contributed by atoms with Gasteiger partial charge in [0.05, 0.1) is 11.0 Å². The maximum absolute atomic E-state index is 14.0. The highest BCUT2D eigenvalue weighted by Gasteiger charge is 2.33. The third-order valence-corrected chi connectivity index (χ3v) is 7.45. The van der Waals surface area contributed by atoms with Crippen molar-refractivity contribution < 1.29 is 4.79 Å². The summed E-state index contributed by atoms with van der Waals surface area (Å²) < 4.78 is 2.16. The fourth-order valence-electron chi connectivity index (χ4n) is 5.88. The van der Waals surface area contributed by atoms with E-state index >= 15 is 0 Å². The second-order valence-corrected chi connectivity index (χ2v) is 9.76. The van der Waals surface area contributed by atoms with E-state index in [1.54, 1.807) is 0 Å². The summed E-state index contributed by atoms with van der Waals surface area (Å²) in [6, 6.07) is 17.5. The van der Waals surface area contributed by atoms with Gasteiger partial charge >= 0.3 is 0 Å². The molecule has 0 N–H and O–H groups in total. The van der Waals surface area contributed by atoms with Gasteiger partial charge in [0.15, 0.2) is 0 Å². The van der Waals surface area contributed by atoms with E-state index in [0.717, 1.165) is 48.1 Å². The number of benzene rings is 2. The Hall–Kier alpha value is -2.62. The normalized spacial score (nSPS) is 18.2. The van der Waals surface area contributed by atoms with E-state index in [9.17, 15) is 4.79 Å². The Labute approximate surface area is 191 Å². The third kappa shape index (κ3) is 4.32. The Balaban J connectivity index is 1.51. The van der Waals surface area contributed by atoms with Gasteiger partial charge in [-0.3, -0.25) is 4.79 Å². The summed E-state index contributed by atoms with van der Waals surface area (Å²) in [7, 11) is 0. The molecule has 2 aliphatic rings. The first-order valence-corrected chi connectivity index (χ1v) is 12.5. The number of rotatable bonds is 5. The van der Waals surface area contributed by atoms with Gasteiger partial charge in [0.25, 0.3) is 0 Å². The van der Waals surface area contributed by atoms with Crippen LogP contribution in [0.3, 0.4) is 0 Å². The van der Waals surface area contributed by atoms with Gasteiger partial charge in [-0.25, -0.2) is 4.98 Å². The van der Waals surface area contributed by atoms with Crippen LogP contribution in [0.25, 0.3) is 22.4 Å². The molecule has 1 aromatic heterocycles. The van der Waals surface area contributed by atoms with Crippen molar-refractivity contribution in [1.82, 2.24) is 14.5 Å². The molecule has 2 aliphatic carbocycles. The molecule has 0 radical (unpaired) electrons. The zero-order valence-corrected chi connectivity index (χ0v) is 19.3. The Morgan fingerprint density at radius 1 is 0.906 bits per heavy atom. The fraction of sp³-hybridized carbons (Fsp3) is 0.500. The predicted octanol–water partition coefficient (Wildman–Crippen LogP) is 6.51. The molecule has 0 unspecified atom stereocenters. The molecule has 0 saturated heterocycles. The molecule has 0 bridgehead atoms. The van der Waals surface area contributed by atoms with Gasteiger partial charge in [-0.05, 0) is 50.8 Å². The van der Waals surface area contributed by atoms with E-state index in [4.69, 9.17) is 4.98 Å². The molecule has 3 aromatic rings. The van der Waals surface area contributed by atoms with Crippen LogP contribution in [0.15, 0.2) is 48.5 Å². The number of aryl methyl sites for hydroxylation is 1. The predicted molar refractivity (Wildman–Crippen MR) is 130 cm³/mol. The second kappa shape index (κ2) is 9.48. The Bertz CT molecular complexity index is 1060. The summed E-state index contributed by atoms with van der Waals surface area (Å²) in [5.74, 6) is 1.18. The average Bonchev–Trinajstić information content (AvgIpc) is 3.19. The van der Waals surface area contributed by atoms with E-state index in [0.29, 0.717) is 18.6 Å². The number of hydrogen-bond donors (Lipinski definition) is 0. The number of fused-ring (bicyclic) bond motifs is 1. The Kier molecular flexibility index (Phi) is 6.29. The Morgan fingerprint density at radius 3 is 2.22 bits per heavy atom. The average molecular weight is 430 g/mol. The van der Waals surface area contributed by atoms with Crippen molar-refractivity contribution in [2.75, 3.05) is 0 Å². The maximum atomic E-state index is 14.0. The summed E-state index contributed by atoms with van der Waals surface area (Å²) in [5.41, 5.74) is 4.29. The number of hydrogen-bond acceptors (Lipinski definition) is 2. The molecule has 4 heteroatoms. The van der Waals surface area contributed by atoms with E-state index in [1.807, 2.05) is 12.1 Å². The van der Waals surface area contributed by atoms with Crippen LogP contribution in [0.4, 0.5) is 0 Å². The second-order valence-electron chi connectivity index (χ2n) is 9.76. The number of imidazole rings is 1. The highest BCUT2D eigenvalue weighted by atomic mass is 16.2. The van der Waals surface area contributed by atoms with Gasteiger partial charge in [0, 0.05) is 17.6 Å². The monoisotopic (exact) mass is 429 g/mol. The highest BCUT2D eigenvalue weighted by Crippen LogP contribution is 2.32. The van der Waals surface area contributed by atoms with Crippen molar-refractivity contribution in [3.63, 3.8) is 0 Å². The van der Waals surface area contributed by atoms with Crippen LogP contribution in [0, 0.1) is 6.92 Å². The van der Waals surface area contributed by atoms with Gasteiger partial charge < -0.3 is 9.47 Å². The standard InChI is InChI=1S/C28H35N3O/c1-21-11-10-12-22(19-21)28-29-25-17-8-9-18-26(25)30(28)20-27(32)31(23-13-4-2-5-14-23)24-15-6-3-7-16-24/h8-12,17-19,23-24H,2-7,13-16,20H2,1H3. The van der Waals surface area contributed by atoms with Crippen molar-refractivity contribution in [3.05, 3.63) is 54.1 Å². The van der Waals surface area contributed by atoms with Crippen LogP contribution in [0.2, 0.25) is 0 Å². The number of aromatic nitrogens is 2. The van der Waals surface area contributed by atoms with Crippen LogP contribution in [-0.2, 0) is 11.3 Å². The van der Waals surface area contributed by atoms with Gasteiger partial charge in [-0.1, -0.05) is 74.4 Å². The number of amides is 1. The van der Waals surface area contributed by atoms with Crippen molar-refractivity contribution in [1.29, 1.82) is 0 Å². The topological polar surface area (TPSA) is 38.1 Å². The van der Waals surface area contributed by atoms with Crippen molar-refractivity contribution >= 4 is 16.9 Å². The van der Waals surface area contributed by atoms with Crippen molar-refractivity contribution in [3.8, 4) is 11.4 Å². The maximum Gasteiger partial charge on any atom is 0.243 e. The molecular formula is C28H35N3O. The minimum atomic E-state index is 0.279. The molecular weight excluding hydrogens is 394 g/mol. The Morgan fingerprint density at radius 2 is 1.56 bits per heavy atom. The molecule has 2 fully saturated rings. The molecule has 5 rings (SSSR count). The van der Waals surface area contributed by atoms with E-state index < -0.39 is 0 Å². The first-order chi connectivity index (χ1) is 15.7. The van der Waals surface area contributed by atoms with Crippen LogP contribution in [0.5, 0.6) is 0 Å².